The van der Waals surface area contributed by atoms with Crippen molar-refractivity contribution in [3.63, 3.8) is 0 Å². The van der Waals surface area contributed by atoms with Gasteiger partial charge in [-0.3, -0.25) is 4.79 Å². The van der Waals surface area contributed by atoms with Crippen LogP contribution in [0.2, 0.25) is 0 Å². The molecule has 1 aliphatic heterocycles. The number of aromatic nitrogens is 1. The van der Waals surface area contributed by atoms with E-state index in [-0.39, 0.29) is 5.91 Å². The molecule has 0 bridgehead atoms. The van der Waals surface area contributed by atoms with Crippen molar-refractivity contribution in [1.29, 1.82) is 0 Å². The molecule has 3 nitrogen and oxygen atoms in total. The number of amides is 1. The molecule has 1 saturated heterocycles. The maximum Gasteiger partial charge on any atom is 0.220 e. The standard InChI is InChI=1S/C10H14N2O/c1-12-5-4-8(7-12)6-9-2-3-10(13)11-9/h4-5,7,9H,2-3,6H2,1H3,(H,11,13). The van der Waals surface area contributed by atoms with Crippen LogP contribution in [0, 0.1) is 0 Å². The van der Waals surface area contributed by atoms with Crippen molar-refractivity contribution in [2.24, 2.45) is 7.05 Å². The average molecular weight is 178 g/mol. The lowest BCUT2D eigenvalue weighted by Crippen LogP contribution is -2.26. The molecule has 0 radical (unpaired) electrons. The minimum Gasteiger partial charge on any atom is -0.357 e. The van der Waals surface area contributed by atoms with E-state index in [2.05, 4.69) is 17.6 Å². The van der Waals surface area contributed by atoms with Gasteiger partial charge in [-0.2, -0.15) is 0 Å². The van der Waals surface area contributed by atoms with Crippen LogP contribution in [0.4, 0.5) is 0 Å². The van der Waals surface area contributed by atoms with Gasteiger partial charge in [-0.05, 0) is 24.5 Å². The van der Waals surface area contributed by atoms with E-state index in [0.29, 0.717) is 12.5 Å². The molecule has 2 rings (SSSR count). The molecule has 1 amide bonds. The van der Waals surface area contributed by atoms with Crippen molar-refractivity contribution < 1.29 is 4.79 Å². The van der Waals surface area contributed by atoms with Gasteiger partial charge < -0.3 is 9.88 Å². The number of hydrogen-bond donors (Lipinski definition) is 1. The van der Waals surface area contributed by atoms with Gasteiger partial charge >= 0.3 is 0 Å². The second-order valence-corrected chi connectivity index (χ2v) is 3.69. The predicted octanol–water partition coefficient (Wildman–Crippen LogP) is 0.846. The molecule has 1 fully saturated rings. The van der Waals surface area contributed by atoms with E-state index in [0.717, 1.165) is 12.8 Å². The first-order valence-corrected chi connectivity index (χ1v) is 4.64. The Labute approximate surface area is 77.7 Å². The zero-order valence-electron chi connectivity index (χ0n) is 7.79. The highest BCUT2D eigenvalue weighted by Crippen LogP contribution is 2.12. The van der Waals surface area contributed by atoms with E-state index in [1.54, 1.807) is 0 Å². The highest BCUT2D eigenvalue weighted by Gasteiger charge is 2.20. The highest BCUT2D eigenvalue weighted by atomic mass is 16.1. The van der Waals surface area contributed by atoms with E-state index in [9.17, 15) is 4.79 Å². The molecular formula is C10H14N2O. The molecule has 2 heterocycles. The van der Waals surface area contributed by atoms with Crippen molar-refractivity contribution in [3.05, 3.63) is 24.0 Å². The molecule has 1 unspecified atom stereocenters. The molecule has 1 aromatic heterocycles. The maximum atomic E-state index is 10.9. The van der Waals surface area contributed by atoms with Gasteiger partial charge in [0.25, 0.3) is 0 Å². The highest BCUT2D eigenvalue weighted by molar-refractivity contribution is 5.78. The molecule has 0 saturated carbocycles. The zero-order chi connectivity index (χ0) is 9.26. The molecule has 0 aromatic carbocycles. The SMILES string of the molecule is Cn1ccc(CC2CCC(=O)N2)c1. The monoisotopic (exact) mass is 178 g/mol. The van der Waals surface area contributed by atoms with E-state index >= 15 is 0 Å². The Hall–Kier alpha value is -1.25. The molecule has 1 aromatic rings. The van der Waals surface area contributed by atoms with E-state index < -0.39 is 0 Å². The molecular weight excluding hydrogens is 164 g/mol. The predicted molar refractivity (Wildman–Crippen MR) is 50.3 cm³/mol. The van der Waals surface area contributed by atoms with Crippen LogP contribution in [0.3, 0.4) is 0 Å². The third-order valence-corrected chi connectivity index (χ3v) is 2.46. The molecule has 0 aliphatic carbocycles. The van der Waals surface area contributed by atoms with Crippen LogP contribution >= 0.6 is 0 Å². The topological polar surface area (TPSA) is 34.0 Å². The number of carbonyl (C=O) groups is 1. The van der Waals surface area contributed by atoms with Crippen LogP contribution in [0.25, 0.3) is 0 Å². The molecule has 1 atom stereocenters. The second-order valence-electron chi connectivity index (χ2n) is 3.69. The summed E-state index contributed by atoms with van der Waals surface area (Å²) >= 11 is 0. The first-order valence-electron chi connectivity index (χ1n) is 4.64. The van der Waals surface area contributed by atoms with Gasteiger partial charge in [0, 0.05) is 31.9 Å². The Balaban J connectivity index is 1.95. The molecule has 13 heavy (non-hydrogen) atoms. The van der Waals surface area contributed by atoms with E-state index in [4.69, 9.17) is 0 Å². The van der Waals surface area contributed by atoms with Crippen molar-refractivity contribution in [2.45, 2.75) is 25.3 Å². The zero-order valence-corrected chi connectivity index (χ0v) is 7.79. The van der Waals surface area contributed by atoms with Crippen molar-refractivity contribution in [1.82, 2.24) is 9.88 Å². The first kappa shape index (κ1) is 8.35. The van der Waals surface area contributed by atoms with E-state index in [1.165, 1.54) is 5.56 Å². The van der Waals surface area contributed by atoms with Gasteiger partial charge in [-0.1, -0.05) is 0 Å². The maximum absolute atomic E-state index is 10.9. The number of nitrogens with one attached hydrogen (secondary N) is 1. The van der Waals surface area contributed by atoms with Gasteiger partial charge in [-0.25, -0.2) is 0 Å². The number of aryl methyl sites for hydroxylation is 1. The summed E-state index contributed by atoms with van der Waals surface area (Å²) in [7, 11) is 2.01. The Kier molecular flexibility index (Phi) is 2.08. The lowest BCUT2D eigenvalue weighted by Gasteiger charge is -2.07. The fourth-order valence-corrected chi connectivity index (χ4v) is 1.80. The summed E-state index contributed by atoms with van der Waals surface area (Å²) in [4.78, 5) is 10.9. The van der Waals surface area contributed by atoms with E-state index in [1.807, 2.05) is 17.8 Å². The largest absolute Gasteiger partial charge is 0.357 e. The van der Waals surface area contributed by atoms with Gasteiger partial charge in [-0.15, -0.1) is 0 Å². The van der Waals surface area contributed by atoms with Crippen LogP contribution in [0.1, 0.15) is 18.4 Å². The minimum atomic E-state index is 0.195. The lowest BCUT2D eigenvalue weighted by molar-refractivity contribution is -0.119. The summed E-state index contributed by atoms with van der Waals surface area (Å²) in [5.41, 5.74) is 1.30. The molecule has 3 heteroatoms. The molecule has 70 valence electrons. The average Bonchev–Trinajstić information content (AvgIpc) is 2.62. The third-order valence-electron chi connectivity index (χ3n) is 2.46. The number of hydrogen-bond acceptors (Lipinski definition) is 1. The summed E-state index contributed by atoms with van der Waals surface area (Å²) in [5.74, 6) is 0.195. The summed E-state index contributed by atoms with van der Waals surface area (Å²) in [6.45, 7) is 0. The first-order chi connectivity index (χ1) is 6.24. The van der Waals surface area contributed by atoms with Crippen molar-refractivity contribution in [3.8, 4) is 0 Å². The smallest absolute Gasteiger partial charge is 0.220 e. The fraction of sp³-hybridized carbons (Fsp3) is 0.500. The summed E-state index contributed by atoms with van der Waals surface area (Å²) in [6.07, 6.45) is 6.77. The Morgan fingerprint density at radius 1 is 1.69 bits per heavy atom. The van der Waals surface area contributed by atoms with Gasteiger partial charge in [0.1, 0.15) is 0 Å². The Morgan fingerprint density at radius 3 is 3.08 bits per heavy atom. The number of rotatable bonds is 2. The van der Waals surface area contributed by atoms with Crippen LogP contribution in [0.15, 0.2) is 18.5 Å². The number of nitrogens with zero attached hydrogens (tertiary/aromatic N) is 1. The van der Waals surface area contributed by atoms with Crippen LogP contribution in [0.5, 0.6) is 0 Å². The molecule has 1 N–H and O–H groups in total. The van der Waals surface area contributed by atoms with Crippen molar-refractivity contribution in [2.75, 3.05) is 0 Å². The summed E-state index contributed by atoms with van der Waals surface area (Å²) < 4.78 is 2.03. The quantitative estimate of drug-likeness (QED) is 0.715. The van der Waals surface area contributed by atoms with Gasteiger partial charge in [0.05, 0.1) is 0 Å². The van der Waals surface area contributed by atoms with Gasteiger partial charge in [0.15, 0.2) is 0 Å². The molecule has 1 aliphatic rings. The lowest BCUT2D eigenvalue weighted by atomic mass is 10.1. The Bertz CT molecular complexity index is 316. The van der Waals surface area contributed by atoms with Crippen LogP contribution in [-0.2, 0) is 18.3 Å². The normalized spacial score (nSPS) is 21.9. The Morgan fingerprint density at radius 2 is 2.54 bits per heavy atom. The van der Waals surface area contributed by atoms with Crippen LogP contribution in [-0.4, -0.2) is 16.5 Å². The summed E-state index contributed by atoms with van der Waals surface area (Å²) in [5, 5.41) is 2.96. The third kappa shape index (κ3) is 1.91. The van der Waals surface area contributed by atoms with Gasteiger partial charge in [0.2, 0.25) is 5.91 Å². The minimum absolute atomic E-state index is 0.195. The fourth-order valence-electron chi connectivity index (χ4n) is 1.80. The number of carbonyl (C=O) groups excluding carboxylic acids is 1. The second kappa shape index (κ2) is 3.24. The molecule has 0 spiro atoms. The summed E-state index contributed by atoms with van der Waals surface area (Å²) in [6, 6.07) is 2.46. The van der Waals surface area contributed by atoms with Crippen LogP contribution < -0.4 is 5.32 Å². The van der Waals surface area contributed by atoms with Crippen molar-refractivity contribution >= 4 is 5.91 Å².